The molecule has 16 heavy (non-hydrogen) atoms. The lowest BCUT2D eigenvalue weighted by molar-refractivity contribution is 0.989. The zero-order valence-corrected chi connectivity index (χ0v) is 8.46. The third-order valence-corrected chi connectivity index (χ3v) is 1.88. The zero-order chi connectivity index (χ0) is 11.2. The summed E-state index contributed by atoms with van der Waals surface area (Å²) in [6, 6.07) is 3.58. The van der Waals surface area contributed by atoms with E-state index in [0.29, 0.717) is 18.3 Å². The molecule has 0 amide bonds. The third kappa shape index (κ3) is 2.61. The van der Waals surface area contributed by atoms with Crippen LogP contribution in [0.4, 0.5) is 11.8 Å². The van der Waals surface area contributed by atoms with Crippen molar-refractivity contribution in [1.82, 2.24) is 19.9 Å². The van der Waals surface area contributed by atoms with E-state index in [-0.39, 0.29) is 0 Å². The van der Waals surface area contributed by atoms with Gasteiger partial charge in [0, 0.05) is 12.4 Å². The van der Waals surface area contributed by atoms with Crippen LogP contribution in [0.25, 0.3) is 0 Å². The molecular weight excluding hydrogens is 206 g/mol. The molecule has 0 fully saturated rings. The Morgan fingerprint density at radius 1 is 1.19 bits per heavy atom. The van der Waals surface area contributed by atoms with Gasteiger partial charge in [-0.2, -0.15) is 4.98 Å². The van der Waals surface area contributed by atoms with E-state index in [1.165, 1.54) is 6.33 Å². The Balaban J connectivity index is 1.99. The Morgan fingerprint density at radius 2 is 2.12 bits per heavy atom. The van der Waals surface area contributed by atoms with Crippen LogP contribution in [0.1, 0.15) is 5.69 Å². The van der Waals surface area contributed by atoms with Gasteiger partial charge in [0.25, 0.3) is 0 Å². The molecule has 0 saturated carbocycles. The molecule has 0 spiro atoms. The van der Waals surface area contributed by atoms with Crippen molar-refractivity contribution in [3.8, 4) is 0 Å². The van der Waals surface area contributed by atoms with Gasteiger partial charge in [-0.3, -0.25) is 5.43 Å². The first-order chi connectivity index (χ1) is 7.88. The molecule has 7 nitrogen and oxygen atoms in total. The van der Waals surface area contributed by atoms with Crippen LogP contribution < -0.4 is 16.6 Å². The van der Waals surface area contributed by atoms with Crippen LogP contribution >= 0.6 is 0 Å². The minimum absolute atomic E-state index is 0.368. The molecule has 0 aliphatic carbocycles. The van der Waals surface area contributed by atoms with Crippen molar-refractivity contribution >= 4 is 11.8 Å². The number of nitrogen functional groups attached to an aromatic ring is 1. The van der Waals surface area contributed by atoms with Gasteiger partial charge in [0.05, 0.1) is 12.2 Å². The maximum Gasteiger partial charge on any atom is 0.239 e. The number of nitrogens with zero attached hydrogens (tertiary/aromatic N) is 4. The first-order valence-corrected chi connectivity index (χ1v) is 4.67. The monoisotopic (exact) mass is 217 g/mol. The highest BCUT2D eigenvalue weighted by molar-refractivity contribution is 5.39. The number of anilines is 2. The fourth-order valence-electron chi connectivity index (χ4n) is 1.13. The molecule has 2 aromatic heterocycles. The lowest BCUT2D eigenvalue weighted by Gasteiger charge is -2.05. The number of rotatable bonds is 4. The lowest BCUT2D eigenvalue weighted by atomic mass is 10.4. The predicted molar refractivity (Wildman–Crippen MR) is 59.2 cm³/mol. The van der Waals surface area contributed by atoms with E-state index in [9.17, 15) is 0 Å². The van der Waals surface area contributed by atoms with Crippen LogP contribution in [0.15, 0.2) is 30.9 Å². The molecule has 0 unspecified atom stereocenters. The molecule has 0 radical (unpaired) electrons. The van der Waals surface area contributed by atoms with Crippen molar-refractivity contribution in [2.45, 2.75) is 6.54 Å². The Morgan fingerprint density at radius 3 is 2.88 bits per heavy atom. The van der Waals surface area contributed by atoms with Crippen molar-refractivity contribution in [2.75, 3.05) is 10.7 Å². The maximum atomic E-state index is 5.20. The molecule has 0 aromatic carbocycles. The number of hydrazine groups is 1. The van der Waals surface area contributed by atoms with Crippen molar-refractivity contribution in [3.63, 3.8) is 0 Å². The van der Waals surface area contributed by atoms with Gasteiger partial charge >= 0.3 is 0 Å². The molecule has 4 N–H and O–H groups in total. The molecular formula is C9H11N7. The molecule has 7 heteroatoms. The summed E-state index contributed by atoms with van der Waals surface area (Å²) in [5, 5.41) is 3.10. The molecule has 2 rings (SSSR count). The highest BCUT2D eigenvalue weighted by atomic mass is 15.3. The fraction of sp³-hybridized carbons (Fsp3) is 0.111. The molecule has 0 aliphatic heterocycles. The second kappa shape index (κ2) is 4.99. The van der Waals surface area contributed by atoms with Crippen molar-refractivity contribution < 1.29 is 0 Å². The molecule has 0 atom stereocenters. The Bertz CT molecular complexity index is 445. The Labute approximate surface area is 92.1 Å². The Hall–Kier alpha value is -2.28. The second-order valence-electron chi connectivity index (χ2n) is 2.96. The van der Waals surface area contributed by atoms with E-state index in [1.54, 1.807) is 18.5 Å². The standard InChI is InChI=1S/C9H11N7/c10-16-9-12-4-2-8(15-9)13-5-7-1-3-11-6-14-7/h1-4,6H,5,10H2,(H2,12,13,15,16). The summed E-state index contributed by atoms with van der Waals surface area (Å²) in [7, 11) is 0. The lowest BCUT2D eigenvalue weighted by Crippen LogP contribution is -2.11. The number of hydrogen-bond donors (Lipinski definition) is 3. The van der Waals surface area contributed by atoms with Crippen LogP contribution in [0.5, 0.6) is 0 Å². The molecule has 82 valence electrons. The van der Waals surface area contributed by atoms with Crippen LogP contribution in [0, 0.1) is 0 Å². The summed E-state index contributed by atoms with van der Waals surface area (Å²) in [6.07, 6.45) is 4.81. The van der Waals surface area contributed by atoms with Gasteiger partial charge in [-0.05, 0) is 12.1 Å². The van der Waals surface area contributed by atoms with Gasteiger partial charge in [-0.15, -0.1) is 0 Å². The van der Waals surface area contributed by atoms with Gasteiger partial charge in [-0.25, -0.2) is 20.8 Å². The smallest absolute Gasteiger partial charge is 0.239 e. The number of aromatic nitrogens is 4. The summed E-state index contributed by atoms with van der Waals surface area (Å²) in [5.41, 5.74) is 3.26. The van der Waals surface area contributed by atoms with E-state index in [1.807, 2.05) is 6.07 Å². The van der Waals surface area contributed by atoms with E-state index < -0.39 is 0 Å². The molecule has 0 bridgehead atoms. The summed E-state index contributed by atoms with van der Waals surface area (Å²) in [5.74, 6) is 6.25. The number of nitrogens with two attached hydrogens (primary N) is 1. The molecule has 0 saturated heterocycles. The van der Waals surface area contributed by atoms with Crippen molar-refractivity contribution in [3.05, 3.63) is 36.5 Å². The first kappa shape index (κ1) is 10.2. The van der Waals surface area contributed by atoms with Crippen LogP contribution in [0.3, 0.4) is 0 Å². The predicted octanol–water partition coefficient (Wildman–Crippen LogP) is 0.164. The van der Waals surface area contributed by atoms with Gasteiger partial charge in [-0.1, -0.05) is 0 Å². The molecule has 2 heterocycles. The van der Waals surface area contributed by atoms with Gasteiger partial charge in [0.1, 0.15) is 12.1 Å². The average molecular weight is 217 g/mol. The first-order valence-electron chi connectivity index (χ1n) is 4.67. The van der Waals surface area contributed by atoms with Gasteiger partial charge in [0.15, 0.2) is 0 Å². The van der Waals surface area contributed by atoms with E-state index in [2.05, 4.69) is 30.7 Å². The quantitative estimate of drug-likeness (QED) is 0.495. The zero-order valence-electron chi connectivity index (χ0n) is 8.46. The van der Waals surface area contributed by atoms with Crippen molar-refractivity contribution in [2.24, 2.45) is 5.84 Å². The van der Waals surface area contributed by atoms with Crippen molar-refractivity contribution in [1.29, 1.82) is 0 Å². The number of nitrogens with one attached hydrogen (secondary N) is 2. The Kier molecular flexibility index (Phi) is 3.19. The van der Waals surface area contributed by atoms with E-state index in [0.717, 1.165) is 5.69 Å². The van der Waals surface area contributed by atoms with Crippen LogP contribution in [-0.4, -0.2) is 19.9 Å². The summed E-state index contributed by atoms with van der Waals surface area (Å²) >= 11 is 0. The minimum Gasteiger partial charge on any atom is -0.364 e. The summed E-state index contributed by atoms with van der Waals surface area (Å²) < 4.78 is 0. The average Bonchev–Trinajstić information content (AvgIpc) is 2.38. The summed E-state index contributed by atoms with van der Waals surface area (Å²) in [4.78, 5) is 15.9. The topological polar surface area (TPSA) is 102 Å². The highest BCUT2D eigenvalue weighted by Crippen LogP contribution is 2.05. The fourth-order valence-corrected chi connectivity index (χ4v) is 1.13. The normalized spacial score (nSPS) is 9.81. The van der Waals surface area contributed by atoms with Gasteiger partial charge < -0.3 is 5.32 Å². The SMILES string of the molecule is NNc1nccc(NCc2ccncn2)n1. The van der Waals surface area contributed by atoms with Crippen LogP contribution in [-0.2, 0) is 6.54 Å². The van der Waals surface area contributed by atoms with Crippen LogP contribution in [0.2, 0.25) is 0 Å². The number of hydrogen-bond acceptors (Lipinski definition) is 7. The highest BCUT2D eigenvalue weighted by Gasteiger charge is 1.97. The molecule has 2 aromatic rings. The maximum absolute atomic E-state index is 5.20. The molecule has 0 aliphatic rings. The van der Waals surface area contributed by atoms with E-state index >= 15 is 0 Å². The second-order valence-corrected chi connectivity index (χ2v) is 2.96. The summed E-state index contributed by atoms with van der Waals surface area (Å²) in [6.45, 7) is 0.573. The van der Waals surface area contributed by atoms with E-state index in [4.69, 9.17) is 5.84 Å². The third-order valence-electron chi connectivity index (χ3n) is 1.88. The largest absolute Gasteiger partial charge is 0.364 e. The minimum atomic E-state index is 0.368. The van der Waals surface area contributed by atoms with Gasteiger partial charge in [0.2, 0.25) is 5.95 Å².